The summed E-state index contributed by atoms with van der Waals surface area (Å²) in [5.74, 6) is -4.72. The molecular weight excluding hydrogens is 246 g/mol. The van der Waals surface area contributed by atoms with Crippen molar-refractivity contribution in [1.82, 2.24) is 0 Å². The molecule has 18 heavy (non-hydrogen) atoms. The Morgan fingerprint density at radius 3 is 2.39 bits per heavy atom. The SMILES string of the molecule is COC(=O)c1cc(C2(C(=O)O)CC2)cc(F)c1F. The van der Waals surface area contributed by atoms with E-state index in [0.717, 1.165) is 19.2 Å². The van der Waals surface area contributed by atoms with E-state index in [1.807, 2.05) is 0 Å². The lowest BCUT2D eigenvalue weighted by Crippen LogP contribution is -2.21. The molecule has 96 valence electrons. The number of carboxylic acids is 1. The third-order valence-electron chi connectivity index (χ3n) is 3.15. The average molecular weight is 256 g/mol. The summed E-state index contributed by atoms with van der Waals surface area (Å²) in [5, 5.41) is 9.07. The first-order valence-electron chi connectivity index (χ1n) is 5.23. The van der Waals surface area contributed by atoms with Gasteiger partial charge < -0.3 is 9.84 Å². The number of carboxylic acid groups (broad SMARTS) is 1. The van der Waals surface area contributed by atoms with Gasteiger partial charge in [0.15, 0.2) is 11.6 Å². The van der Waals surface area contributed by atoms with E-state index < -0.39 is 34.6 Å². The second kappa shape index (κ2) is 4.04. The normalized spacial score (nSPS) is 16.2. The zero-order valence-electron chi connectivity index (χ0n) is 9.50. The van der Waals surface area contributed by atoms with Crippen molar-refractivity contribution in [1.29, 1.82) is 0 Å². The van der Waals surface area contributed by atoms with Crippen molar-refractivity contribution in [3.8, 4) is 0 Å². The van der Waals surface area contributed by atoms with Gasteiger partial charge in [-0.3, -0.25) is 4.79 Å². The van der Waals surface area contributed by atoms with Gasteiger partial charge in [0.05, 0.1) is 18.1 Å². The summed E-state index contributed by atoms with van der Waals surface area (Å²) in [6, 6.07) is 1.87. The van der Waals surface area contributed by atoms with Crippen LogP contribution < -0.4 is 0 Å². The van der Waals surface area contributed by atoms with Gasteiger partial charge in [0.25, 0.3) is 0 Å². The summed E-state index contributed by atoms with van der Waals surface area (Å²) >= 11 is 0. The number of carbonyl (C=O) groups excluding carboxylic acids is 1. The van der Waals surface area contributed by atoms with Gasteiger partial charge >= 0.3 is 11.9 Å². The number of rotatable bonds is 3. The van der Waals surface area contributed by atoms with Gasteiger partial charge in [0.2, 0.25) is 0 Å². The number of esters is 1. The molecule has 0 saturated heterocycles. The molecule has 1 aliphatic rings. The Morgan fingerprint density at radius 1 is 1.33 bits per heavy atom. The summed E-state index contributed by atoms with van der Waals surface area (Å²) < 4.78 is 31.1. The molecule has 0 amide bonds. The van der Waals surface area contributed by atoms with E-state index in [0.29, 0.717) is 12.8 Å². The standard InChI is InChI=1S/C12H10F2O4/c1-18-10(15)7-4-6(5-8(13)9(7)14)12(2-3-12)11(16)17/h4-5H,2-3H2,1H3,(H,16,17). The van der Waals surface area contributed by atoms with Crippen LogP contribution in [0.2, 0.25) is 0 Å². The van der Waals surface area contributed by atoms with Crippen molar-refractivity contribution in [3.05, 3.63) is 34.9 Å². The van der Waals surface area contributed by atoms with Gasteiger partial charge in [-0.2, -0.15) is 0 Å². The topological polar surface area (TPSA) is 63.6 Å². The van der Waals surface area contributed by atoms with Crippen molar-refractivity contribution in [2.75, 3.05) is 7.11 Å². The van der Waals surface area contributed by atoms with E-state index in [-0.39, 0.29) is 5.56 Å². The number of aliphatic carboxylic acids is 1. The fourth-order valence-corrected chi connectivity index (χ4v) is 1.87. The van der Waals surface area contributed by atoms with Gasteiger partial charge in [0.1, 0.15) is 0 Å². The lowest BCUT2D eigenvalue weighted by Gasteiger charge is -2.12. The summed E-state index contributed by atoms with van der Waals surface area (Å²) in [4.78, 5) is 22.4. The van der Waals surface area contributed by atoms with Crippen LogP contribution in [0.3, 0.4) is 0 Å². The van der Waals surface area contributed by atoms with Crippen molar-refractivity contribution < 1.29 is 28.2 Å². The predicted octanol–water partition coefficient (Wildman–Crippen LogP) is 1.87. The molecule has 0 aliphatic heterocycles. The molecule has 4 nitrogen and oxygen atoms in total. The van der Waals surface area contributed by atoms with E-state index >= 15 is 0 Å². The van der Waals surface area contributed by atoms with Gasteiger partial charge in [0, 0.05) is 0 Å². The third-order valence-corrected chi connectivity index (χ3v) is 3.15. The number of benzene rings is 1. The molecule has 0 bridgehead atoms. The molecule has 1 fully saturated rings. The fraction of sp³-hybridized carbons (Fsp3) is 0.333. The molecule has 1 aromatic rings. The zero-order chi connectivity index (χ0) is 13.5. The van der Waals surface area contributed by atoms with Crippen molar-refractivity contribution >= 4 is 11.9 Å². The monoisotopic (exact) mass is 256 g/mol. The summed E-state index contributed by atoms with van der Waals surface area (Å²) in [6.07, 6.45) is 0.683. The van der Waals surface area contributed by atoms with Crippen LogP contribution in [0.15, 0.2) is 12.1 Å². The van der Waals surface area contributed by atoms with E-state index in [1.54, 1.807) is 0 Å². The summed E-state index contributed by atoms with van der Waals surface area (Å²) in [6.45, 7) is 0. The van der Waals surface area contributed by atoms with E-state index in [2.05, 4.69) is 4.74 Å². The van der Waals surface area contributed by atoms with Crippen LogP contribution in [-0.2, 0) is 14.9 Å². The number of halogens is 2. The fourth-order valence-electron chi connectivity index (χ4n) is 1.87. The first-order valence-corrected chi connectivity index (χ1v) is 5.23. The Kier molecular flexibility index (Phi) is 2.80. The van der Waals surface area contributed by atoms with Crippen molar-refractivity contribution in [2.45, 2.75) is 18.3 Å². The summed E-state index contributed by atoms with van der Waals surface area (Å²) in [5.41, 5.74) is -1.69. The number of methoxy groups -OCH3 is 1. The molecule has 0 atom stereocenters. The number of hydrogen-bond acceptors (Lipinski definition) is 3. The maximum absolute atomic E-state index is 13.4. The number of carbonyl (C=O) groups is 2. The van der Waals surface area contributed by atoms with Crippen LogP contribution in [0, 0.1) is 11.6 Å². The Morgan fingerprint density at radius 2 is 1.94 bits per heavy atom. The van der Waals surface area contributed by atoms with E-state index in [1.165, 1.54) is 0 Å². The van der Waals surface area contributed by atoms with Crippen molar-refractivity contribution in [2.24, 2.45) is 0 Å². The van der Waals surface area contributed by atoms with E-state index in [4.69, 9.17) is 5.11 Å². The minimum atomic E-state index is -1.33. The first kappa shape index (κ1) is 12.5. The molecule has 6 heteroatoms. The van der Waals surface area contributed by atoms with Gasteiger partial charge in [-0.05, 0) is 30.5 Å². The zero-order valence-corrected chi connectivity index (χ0v) is 9.50. The van der Waals surface area contributed by atoms with Gasteiger partial charge in [-0.15, -0.1) is 0 Å². The molecule has 0 aromatic heterocycles. The average Bonchev–Trinajstić information content (AvgIpc) is 3.12. The quantitative estimate of drug-likeness (QED) is 0.838. The molecule has 1 aromatic carbocycles. The number of ether oxygens (including phenoxy) is 1. The second-order valence-corrected chi connectivity index (χ2v) is 4.20. The maximum Gasteiger partial charge on any atom is 0.340 e. The Bertz CT molecular complexity index is 535. The molecular formula is C12H10F2O4. The van der Waals surface area contributed by atoms with Crippen LogP contribution in [0.4, 0.5) is 8.78 Å². The molecule has 1 N–H and O–H groups in total. The first-order chi connectivity index (χ1) is 8.42. The highest BCUT2D eigenvalue weighted by atomic mass is 19.2. The second-order valence-electron chi connectivity index (χ2n) is 4.20. The Hall–Kier alpha value is -1.98. The van der Waals surface area contributed by atoms with Crippen LogP contribution in [0.1, 0.15) is 28.8 Å². The van der Waals surface area contributed by atoms with Crippen LogP contribution in [0.5, 0.6) is 0 Å². The molecule has 1 saturated carbocycles. The third kappa shape index (κ3) is 1.73. The minimum absolute atomic E-state index is 0.0919. The van der Waals surface area contributed by atoms with Gasteiger partial charge in [-0.1, -0.05) is 0 Å². The molecule has 0 radical (unpaired) electrons. The highest BCUT2D eigenvalue weighted by Crippen LogP contribution is 2.49. The molecule has 1 aliphatic carbocycles. The van der Waals surface area contributed by atoms with Crippen LogP contribution in [0.25, 0.3) is 0 Å². The lowest BCUT2D eigenvalue weighted by molar-refractivity contribution is -0.140. The maximum atomic E-state index is 13.4. The number of hydrogen-bond donors (Lipinski definition) is 1. The van der Waals surface area contributed by atoms with Crippen LogP contribution >= 0.6 is 0 Å². The Balaban J connectivity index is 2.55. The highest BCUT2D eigenvalue weighted by Gasteiger charge is 2.52. The molecule has 2 rings (SSSR count). The summed E-state index contributed by atoms with van der Waals surface area (Å²) in [7, 11) is 1.04. The smallest absolute Gasteiger partial charge is 0.340 e. The Labute approximate surface area is 101 Å². The highest BCUT2D eigenvalue weighted by molar-refractivity contribution is 5.91. The van der Waals surface area contributed by atoms with Crippen molar-refractivity contribution in [3.63, 3.8) is 0 Å². The van der Waals surface area contributed by atoms with E-state index in [9.17, 15) is 18.4 Å². The largest absolute Gasteiger partial charge is 0.481 e. The lowest BCUT2D eigenvalue weighted by atomic mass is 9.94. The molecule has 0 heterocycles. The minimum Gasteiger partial charge on any atom is -0.481 e. The predicted molar refractivity (Wildman–Crippen MR) is 56.2 cm³/mol. The van der Waals surface area contributed by atoms with Gasteiger partial charge in [-0.25, -0.2) is 13.6 Å². The molecule has 0 unspecified atom stereocenters. The molecule has 0 spiro atoms. The van der Waals surface area contributed by atoms with Crippen LogP contribution in [-0.4, -0.2) is 24.2 Å².